The summed E-state index contributed by atoms with van der Waals surface area (Å²) in [6.45, 7) is 1.79. The molecule has 0 bridgehead atoms. The van der Waals surface area contributed by atoms with Crippen molar-refractivity contribution in [3.05, 3.63) is 77.9 Å². The van der Waals surface area contributed by atoms with Gasteiger partial charge in [0.2, 0.25) is 0 Å². The molecule has 0 radical (unpaired) electrons. The van der Waals surface area contributed by atoms with Crippen LogP contribution in [-0.2, 0) is 0 Å². The van der Waals surface area contributed by atoms with Crippen LogP contribution in [0.25, 0.3) is 0 Å². The number of benzene rings is 3. The summed E-state index contributed by atoms with van der Waals surface area (Å²) in [6, 6.07) is 18.3. The van der Waals surface area contributed by atoms with Gasteiger partial charge in [0.15, 0.2) is 0 Å². The largest absolute Gasteiger partial charge is 0.507 e. The molecule has 3 aromatic carbocycles. The number of ether oxygens (including phenoxy) is 1. The van der Waals surface area contributed by atoms with E-state index in [-0.39, 0.29) is 22.6 Å². The van der Waals surface area contributed by atoms with Crippen molar-refractivity contribution in [2.45, 2.75) is 19.3 Å². The number of aromatic carboxylic acids is 1. The van der Waals surface area contributed by atoms with Crippen LogP contribution in [0.5, 0.6) is 17.2 Å². The summed E-state index contributed by atoms with van der Waals surface area (Å²) < 4.78 is 5.76. The van der Waals surface area contributed by atoms with Crippen LogP contribution in [0, 0.1) is 0 Å². The number of carboxylic acids is 1. The lowest BCUT2D eigenvalue weighted by Gasteiger charge is -2.29. The van der Waals surface area contributed by atoms with E-state index in [2.05, 4.69) is 10.2 Å². The number of piperidine rings is 1. The van der Waals surface area contributed by atoms with Crippen molar-refractivity contribution in [2.75, 3.05) is 23.3 Å². The van der Waals surface area contributed by atoms with Crippen LogP contribution in [-0.4, -0.2) is 35.2 Å². The highest BCUT2D eigenvalue weighted by Gasteiger charge is 2.19. The predicted octanol–water partition coefficient (Wildman–Crippen LogP) is 5.13. The second kappa shape index (κ2) is 9.43. The maximum Gasteiger partial charge on any atom is 0.337 e. The number of nitrogens with zero attached hydrogens (tertiary/aromatic N) is 1. The van der Waals surface area contributed by atoms with Crippen molar-refractivity contribution in [3.8, 4) is 17.2 Å². The summed E-state index contributed by atoms with van der Waals surface area (Å²) >= 11 is 0. The fraction of sp³-hybridized carbons (Fsp3) is 0.200. The highest BCUT2D eigenvalue weighted by molar-refractivity contribution is 6.09. The van der Waals surface area contributed by atoms with Gasteiger partial charge in [-0.3, -0.25) is 4.79 Å². The molecule has 0 saturated carbocycles. The Hall–Kier alpha value is -4.00. The maximum absolute atomic E-state index is 13.0. The molecule has 0 aromatic heterocycles. The molecule has 0 atom stereocenters. The van der Waals surface area contributed by atoms with E-state index in [1.54, 1.807) is 24.3 Å². The molecule has 1 heterocycles. The van der Waals surface area contributed by atoms with Crippen molar-refractivity contribution in [2.24, 2.45) is 0 Å². The average molecular weight is 432 g/mol. The number of anilines is 2. The van der Waals surface area contributed by atoms with E-state index < -0.39 is 11.9 Å². The lowest BCUT2D eigenvalue weighted by molar-refractivity contribution is 0.0698. The standard InChI is InChI=1S/C25H24N2O5/c28-23-12-9-17(27-13-5-2-6-14-27)15-21(23)24(29)26-22-16-19(10-11-20(22)25(30)31)32-18-7-3-1-4-8-18/h1,3-4,7-12,15-16,28H,2,5-6,13-14H2,(H,26,29)(H,30,31). The maximum atomic E-state index is 13.0. The normalized spacial score (nSPS) is 13.4. The summed E-state index contributed by atoms with van der Waals surface area (Å²) in [5.74, 6) is -0.988. The van der Waals surface area contributed by atoms with E-state index in [4.69, 9.17) is 4.74 Å². The zero-order valence-corrected chi connectivity index (χ0v) is 17.5. The van der Waals surface area contributed by atoms with Crippen molar-refractivity contribution in [1.82, 2.24) is 0 Å². The predicted molar refractivity (Wildman–Crippen MR) is 122 cm³/mol. The molecule has 3 N–H and O–H groups in total. The second-order valence-corrected chi connectivity index (χ2v) is 7.63. The van der Waals surface area contributed by atoms with Crippen molar-refractivity contribution in [1.29, 1.82) is 0 Å². The van der Waals surface area contributed by atoms with Gasteiger partial charge in [-0.05, 0) is 61.7 Å². The Morgan fingerprint density at radius 3 is 2.31 bits per heavy atom. The van der Waals surface area contributed by atoms with Gasteiger partial charge in [0.05, 0.1) is 16.8 Å². The first-order chi connectivity index (χ1) is 15.5. The number of nitrogens with one attached hydrogen (secondary N) is 1. The van der Waals surface area contributed by atoms with Crippen LogP contribution in [0.15, 0.2) is 66.7 Å². The number of hydrogen-bond acceptors (Lipinski definition) is 5. The minimum atomic E-state index is -1.18. The molecule has 32 heavy (non-hydrogen) atoms. The number of carbonyl (C=O) groups is 2. The monoisotopic (exact) mass is 432 g/mol. The number of phenols is 1. The molecule has 0 unspecified atom stereocenters. The zero-order valence-electron chi connectivity index (χ0n) is 17.5. The minimum absolute atomic E-state index is 0.0783. The Balaban J connectivity index is 1.60. The Morgan fingerprint density at radius 2 is 1.59 bits per heavy atom. The van der Waals surface area contributed by atoms with E-state index in [9.17, 15) is 19.8 Å². The Labute approximate surface area is 185 Å². The smallest absolute Gasteiger partial charge is 0.337 e. The topological polar surface area (TPSA) is 99.1 Å². The highest BCUT2D eigenvalue weighted by Crippen LogP contribution is 2.30. The fourth-order valence-electron chi connectivity index (χ4n) is 3.75. The van der Waals surface area contributed by atoms with Gasteiger partial charge in [0.1, 0.15) is 17.2 Å². The van der Waals surface area contributed by atoms with Crippen LogP contribution >= 0.6 is 0 Å². The summed E-state index contributed by atoms with van der Waals surface area (Å²) in [5.41, 5.74) is 0.940. The number of rotatable bonds is 6. The number of amides is 1. The van der Waals surface area contributed by atoms with Crippen LogP contribution < -0.4 is 15.0 Å². The quantitative estimate of drug-likeness (QED) is 0.500. The number of phenolic OH excluding ortho intramolecular Hbond substituents is 1. The molecule has 1 aliphatic heterocycles. The number of carbonyl (C=O) groups excluding carboxylic acids is 1. The molecule has 0 aliphatic carbocycles. The molecule has 4 rings (SSSR count). The van der Waals surface area contributed by atoms with Crippen molar-refractivity contribution in [3.63, 3.8) is 0 Å². The first-order valence-electron chi connectivity index (χ1n) is 10.5. The van der Waals surface area contributed by atoms with Gasteiger partial charge in [0.25, 0.3) is 5.91 Å². The average Bonchev–Trinajstić information content (AvgIpc) is 2.80. The van der Waals surface area contributed by atoms with E-state index in [0.29, 0.717) is 11.5 Å². The Morgan fingerprint density at radius 1 is 0.844 bits per heavy atom. The number of hydrogen-bond donors (Lipinski definition) is 3. The van der Waals surface area contributed by atoms with Crippen molar-refractivity contribution < 1.29 is 24.5 Å². The molecule has 1 saturated heterocycles. The minimum Gasteiger partial charge on any atom is -0.507 e. The highest BCUT2D eigenvalue weighted by atomic mass is 16.5. The molecule has 0 spiro atoms. The third kappa shape index (κ3) is 4.83. The lowest BCUT2D eigenvalue weighted by Crippen LogP contribution is -2.29. The first-order valence-corrected chi connectivity index (χ1v) is 10.5. The van der Waals surface area contributed by atoms with Gasteiger partial charge in [-0.1, -0.05) is 18.2 Å². The number of para-hydroxylation sites is 1. The number of carboxylic acid groups (broad SMARTS) is 1. The third-order valence-electron chi connectivity index (χ3n) is 5.39. The van der Waals surface area contributed by atoms with Crippen molar-refractivity contribution >= 4 is 23.3 Å². The van der Waals surface area contributed by atoms with E-state index >= 15 is 0 Å². The van der Waals surface area contributed by atoms with Crippen LogP contribution in [0.1, 0.15) is 40.0 Å². The lowest BCUT2D eigenvalue weighted by atomic mass is 10.1. The molecule has 1 fully saturated rings. The third-order valence-corrected chi connectivity index (χ3v) is 5.39. The van der Waals surface area contributed by atoms with Crippen LogP contribution in [0.3, 0.4) is 0 Å². The SMILES string of the molecule is O=C(Nc1cc(Oc2ccccc2)ccc1C(=O)O)c1cc(N2CCCCC2)ccc1O. The molecule has 7 heteroatoms. The summed E-state index contributed by atoms with van der Waals surface area (Å²) in [5, 5.41) is 22.5. The first kappa shape index (κ1) is 21.2. The summed E-state index contributed by atoms with van der Waals surface area (Å²) in [7, 11) is 0. The molecular weight excluding hydrogens is 408 g/mol. The Kier molecular flexibility index (Phi) is 6.26. The van der Waals surface area contributed by atoms with E-state index in [1.165, 1.54) is 30.7 Å². The second-order valence-electron chi connectivity index (χ2n) is 7.63. The van der Waals surface area contributed by atoms with Crippen LogP contribution in [0.2, 0.25) is 0 Å². The summed E-state index contributed by atoms with van der Waals surface area (Å²) in [6.07, 6.45) is 3.35. The van der Waals surface area contributed by atoms with Crippen LogP contribution in [0.4, 0.5) is 11.4 Å². The van der Waals surface area contributed by atoms with Gasteiger partial charge in [0, 0.05) is 24.8 Å². The molecule has 7 nitrogen and oxygen atoms in total. The zero-order chi connectivity index (χ0) is 22.5. The molecule has 1 aliphatic rings. The Bertz CT molecular complexity index is 1120. The van der Waals surface area contributed by atoms with Gasteiger partial charge < -0.3 is 25.2 Å². The van der Waals surface area contributed by atoms with Gasteiger partial charge in [-0.15, -0.1) is 0 Å². The summed E-state index contributed by atoms with van der Waals surface area (Å²) in [4.78, 5) is 26.9. The molecule has 164 valence electrons. The molecular formula is C25H24N2O5. The van der Waals surface area contributed by atoms with E-state index in [1.807, 2.05) is 18.2 Å². The van der Waals surface area contributed by atoms with E-state index in [0.717, 1.165) is 31.6 Å². The van der Waals surface area contributed by atoms with Gasteiger partial charge in [-0.2, -0.15) is 0 Å². The number of aromatic hydroxyl groups is 1. The van der Waals surface area contributed by atoms with Gasteiger partial charge in [-0.25, -0.2) is 4.79 Å². The molecule has 3 aromatic rings. The fourth-order valence-corrected chi connectivity index (χ4v) is 3.75. The van der Waals surface area contributed by atoms with Gasteiger partial charge >= 0.3 is 5.97 Å². The molecule has 1 amide bonds.